The van der Waals surface area contributed by atoms with Crippen LogP contribution in [-0.2, 0) is 16.0 Å². The molecule has 0 bridgehead atoms. The Kier molecular flexibility index (Phi) is 10.3. The van der Waals surface area contributed by atoms with Crippen LogP contribution in [0.3, 0.4) is 0 Å². The third-order valence-electron chi connectivity index (χ3n) is 5.65. The number of nitrogens with one attached hydrogen (secondary N) is 2. The van der Waals surface area contributed by atoms with Crippen LogP contribution in [0.25, 0.3) is 0 Å². The van der Waals surface area contributed by atoms with Gasteiger partial charge in [0.05, 0.1) is 13.2 Å². The van der Waals surface area contributed by atoms with Crippen LogP contribution in [0.2, 0.25) is 0 Å². The summed E-state index contributed by atoms with van der Waals surface area (Å²) in [6.45, 7) is 8.45. The van der Waals surface area contributed by atoms with Crippen LogP contribution in [-0.4, -0.2) is 53.1 Å². The molecule has 1 saturated carbocycles. The maximum Gasteiger partial charge on any atom is 0.191 e. The Labute approximate surface area is 176 Å². The lowest BCUT2D eigenvalue weighted by atomic mass is 9.83. The van der Waals surface area contributed by atoms with Gasteiger partial charge in [-0.15, -0.1) is 0 Å². The van der Waals surface area contributed by atoms with Crippen molar-refractivity contribution in [2.75, 3.05) is 47.1 Å². The Morgan fingerprint density at radius 2 is 1.83 bits per heavy atom. The zero-order chi connectivity index (χ0) is 21.0. The zero-order valence-corrected chi connectivity index (χ0v) is 18.7. The summed E-state index contributed by atoms with van der Waals surface area (Å²) >= 11 is 0. The van der Waals surface area contributed by atoms with E-state index in [0.29, 0.717) is 25.2 Å². The van der Waals surface area contributed by atoms with Crippen LogP contribution < -0.4 is 15.4 Å². The topological polar surface area (TPSA) is 64.1 Å². The third-order valence-corrected chi connectivity index (χ3v) is 5.65. The van der Waals surface area contributed by atoms with Gasteiger partial charge in [0.1, 0.15) is 12.4 Å². The predicted molar refractivity (Wildman–Crippen MR) is 119 cm³/mol. The van der Waals surface area contributed by atoms with Gasteiger partial charge in [-0.3, -0.25) is 0 Å². The molecule has 0 atom stereocenters. The predicted octanol–water partition coefficient (Wildman–Crippen LogP) is 3.67. The lowest BCUT2D eigenvalue weighted by molar-refractivity contribution is 0.138. The average molecular weight is 406 g/mol. The molecule has 0 heterocycles. The summed E-state index contributed by atoms with van der Waals surface area (Å²) in [6.07, 6.45) is 6.25. The van der Waals surface area contributed by atoms with Crippen LogP contribution >= 0.6 is 0 Å². The first-order chi connectivity index (χ1) is 14.1. The number of rotatable bonds is 12. The number of aryl methyl sites for hydroxylation is 1. The maximum absolute atomic E-state index is 5.90. The summed E-state index contributed by atoms with van der Waals surface area (Å²) in [7, 11) is 3.47. The van der Waals surface area contributed by atoms with Crippen LogP contribution in [0.5, 0.6) is 5.75 Å². The number of methoxy groups -OCH3 is 2. The SMILES string of the molecule is CCNC(=NCc1ccc(C)cc1OCCOC)NCC1(CCOC)CCCC1. The number of hydrogen-bond donors (Lipinski definition) is 2. The van der Waals surface area contributed by atoms with E-state index in [0.717, 1.165) is 43.4 Å². The molecule has 0 aliphatic heterocycles. The van der Waals surface area contributed by atoms with Crippen molar-refractivity contribution in [3.05, 3.63) is 29.3 Å². The molecule has 6 heteroatoms. The molecular weight excluding hydrogens is 366 g/mol. The Balaban J connectivity index is 2.03. The summed E-state index contributed by atoms with van der Waals surface area (Å²) in [4.78, 5) is 4.83. The average Bonchev–Trinajstić information content (AvgIpc) is 3.19. The van der Waals surface area contributed by atoms with Crippen molar-refractivity contribution >= 4 is 5.96 Å². The minimum atomic E-state index is 0.324. The fraction of sp³-hybridized carbons (Fsp3) is 0.696. The van der Waals surface area contributed by atoms with E-state index in [1.807, 2.05) is 0 Å². The second-order valence-electron chi connectivity index (χ2n) is 7.95. The van der Waals surface area contributed by atoms with Gasteiger partial charge in [-0.2, -0.15) is 0 Å². The van der Waals surface area contributed by atoms with E-state index in [1.54, 1.807) is 14.2 Å². The number of nitrogens with zero attached hydrogens (tertiary/aromatic N) is 1. The number of benzene rings is 1. The largest absolute Gasteiger partial charge is 0.491 e. The van der Waals surface area contributed by atoms with Gasteiger partial charge in [0.15, 0.2) is 5.96 Å². The lowest BCUT2D eigenvalue weighted by Gasteiger charge is -2.30. The Morgan fingerprint density at radius 3 is 2.52 bits per heavy atom. The van der Waals surface area contributed by atoms with Crippen molar-refractivity contribution in [3.8, 4) is 5.75 Å². The number of ether oxygens (including phenoxy) is 3. The van der Waals surface area contributed by atoms with Gasteiger partial charge in [-0.05, 0) is 50.2 Å². The van der Waals surface area contributed by atoms with Crippen molar-refractivity contribution in [2.45, 2.75) is 52.5 Å². The minimum absolute atomic E-state index is 0.324. The Morgan fingerprint density at radius 1 is 1.07 bits per heavy atom. The molecule has 1 aliphatic rings. The molecule has 2 N–H and O–H groups in total. The van der Waals surface area contributed by atoms with E-state index < -0.39 is 0 Å². The second kappa shape index (κ2) is 12.7. The van der Waals surface area contributed by atoms with Crippen LogP contribution in [0.15, 0.2) is 23.2 Å². The Hall–Kier alpha value is -1.79. The van der Waals surface area contributed by atoms with E-state index >= 15 is 0 Å². The van der Waals surface area contributed by atoms with E-state index in [9.17, 15) is 0 Å². The van der Waals surface area contributed by atoms with E-state index in [-0.39, 0.29) is 0 Å². The third kappa shape index (κ3) is 7.86. The summed E-state index contributed by atoms with van der Waals surface area (Å²) in [6, 6.07) is 6.27. The molecule has 1 aliphatic carbocycles. The van der Waals surface area contributed by atoms with E-state index in [4.69, 9.17) is 19.2 Å². The highest BCUT2D eigenvalue weighted by molar-refractivity contribution is 5.79. The van der Waals surface area contributed by atoms with Crippen molar-refractivity contribution in [1.82, 2.24) is 10.6 Å². The molecule has 0 aromatic heterocycles. The highest BCUT2D eigenvalue weighted by Gasteiger charge is 2.33. The number of aliphatic imine (C=N–C) groups is 1. The molecular formula is C23H39N3O3. The highest BCUT2D eigenvalue weighted by Crippen LogP contribution is 2.40. The van der Waals surface area contributed by atoms with E-state index in [1.165, 1.54) is 31.2 Å². The van der Waals surface area contributed by atoms with Crippen molar-refractivity contribution in [1.29, 1.82) is 0 Å². The first-order valence-corrected chi connectivity index (χ1v) is 10.8. The first kappa shape index (κ1) is 23.5. The van der Waals surface area contributed by atoms with Gasteiger partial charge >= 0.3 is 0 Å². The molecule has 0 unspecified atom stereocenters. The molecule has 0 radical (unpaired) electrons. The van der Waals surface area contributed by atoms with Crippen LogP contribution in [0, 0.1) is 12.3 Å². The Bertz CT molecular complexity index is 628. The summed E-state index contributed by atoms with van der Waals surface area (Å²) < 4.78 is 16.4. The molecule has 6 nitrogen and oxygen atoms in total. The van der Waals surface area contributed by atoms with Crippen molar-refractivity contribution in [2.24, 2.45) is 10.4 Å². The summed E-state index contributed by atoms with van der Waals surface area (Å²) in [5.74, 6) is 1.74. The van der Waals surface area contributed by atoms with Crippen LogP contribution in [0.4, 0.5) is 0 Å². The summed E-state index contributed by atoms with van der Waals surface area (Å²) in [5, 5.41) is 6.97. The second-order valence-corrected chi connectivity index (χ2v) is 7.95. The molecule has 2 rings (SSSR count). The normalized spacial score (nSPS) is 16.1. The molecule has 0 spiro atoms. The fourth-order valence-corrected chi connectivity index (χ4v) is 3.90. The molecule has 0 amide bonds. The van der Waals surface area contributed by atoms with Crippen molar-refractivity contribution in [3.63, 3.8) is 0 Å². The lowest BCUT2D eigenvalue weighted by Crippen LogP contribution is -2.43. The van der Waals surface area contributed by atoms with Crippen molar-refractivity contribution < 1.29 is 14.2 Å². The number of guanidine groups is 1. The maximum atomic E-state index is 5.90. The molecule has 0 saturated heterocycles. The van der Waals surface area contributed by atoms with Gasteiger partial charge in [0.2, 0.25) is 0 Å². The quantitative estimate of drug-likeness (QED) is 0.316. The first-order valence-electron chi connectivity index (χ1n) is 10.8. The smallest absolute Gasteiger partial charge is 0.191 e. The van der Waals surface area contributed by atoms with E-state index in [2.05, 4.69) is 42.7 Å². The monoisotopic (exact) mass is 405 g/mol. The van der Waals surface area contributed by atoms with Crippen LogP contribution in [0.1, 0.15) is 50.2 Å². The molecule has 1 fully saturated rings. The summed E-state index contributed by atoms with van der Waals surface area (Å²) in [5.41, 5.74) is 2.58. The fourth-order valence-electron chi connectivity index (χ4n) is 3.90. The number of hydrogen-bond acceptors (Lipinski definition) is 4. The minimum Gasteiger partial charge on any atom is -0.491 e. The molecule has 1 aromatic carbocycles. The van der Waals surface area contributed by atoms with Gasteiger partial charge in [0.25, 0.3) is 0 Å². The molecule has 164 valence electrons. The molecule has 1 aromatic rings. The standard InChI is InChI=1S/C23H39N3O3/c1-5-24-22(26-18-23(12-13-27-3)10-6-7-11-23)25-17-20-9-8-19(2)16-21(20)29-15-14-28-4/h8-9,16H,5-7,10-15,17-18H2,1-4H3,(H2,24,25,26). The van der Waals surface area contributed by atoms with Gasteiger partial charge in [0, 0.05) is 39.5 Å². The molecule has 29 heavy (non-hydrogen) atoms. The van der Waals surface area contributed by atoms with Gasteiger partial charge in [-0.25, -0.2) is 4.99 Å². The highest BCUT2D eigenvalue weighted by atomic mass is 16.5. The zero-order valence-electron chi connectivity index (χ0n) is 18.7. The van der Waals surface area contributed by atoms with Gasteiger partial charge in [-0.1, -0.05) is 25.0 Å². The van der Waals surface area contributed by atoms with Gasteiger partial charge < -0.3 is 24.8 Å².